The van der Waals surface area contributed by atoms with Gasteiger partial charge in [0, 0.05) is 29.1 Å². The number of carbonyl (C=O) groups is 2. The van der Waals surface area contributed by atoms with E-state index in [2.05, 4.69) is 10.3 Å². The van der Waals surface area contributed by atoms with Gasteiger partial charge < -0.3 is 15.8 Å². The summed E-state index contributed by atoms with van der Waals surface area (Å²) in [6.07, 6.45) is 5.16. The van der Waals surface area contributed by atoms with E-state index < -0.39 is 0 Å². The number of anilines is 1. The molecule has 0 spiro atoms. The van der Waals surface area contributed by atoms with E-state index in [0.717, 1.165) is 21.6 Å². The minimum absolute atomic E-state index is 0.0457. The number of thiophene rings is 1. The summed E-state index contributed by atoms with van der Waals surface area (Å²) >= 11 is 7.89. The Morgan fingerprint density at radius 2 is 2.16 bits per heavy atom. The lowest BCUT2D eigenvalue weighted by atomic mass is 10.1. The van der Waals surface area contributed by atoms with E-state index in [-0.39, 0.29) is 17.8 Å². The first-order valence-corrected chi connectivity index (χ1v) is 10.9. The topological polar surface area (TPSA) is 94.3 Å². The molecule has 2 aromatic heterocycles. The fourth-order valence-electron chi connectivity index (χ4n) is 3.29. The van der Waals surface area contributed by atoms with Gasteiger partial charge in [-0.05, 0) is 60.5 Å². The molecule has 1 aliphatic rings. The van der Waals surface area contributed by atoms with Gasteiger partial charge in [0.1, 0.15) is 17.7 Å². The van der Waals surface area contributed by atoms with Crippen molar-refractivity contribution in [1.82, 2.24) is 10.3 Å². The van der Waals surface area contributed by atoms with Gasteiger partial charge in [-0.15, -0.1) is 11.3 Å². The number of nitrogen functional groups attached to an aromatic ring is 1. The molecule has 1 aliphatic heterocycles. The Kier molecular flexibility index (Phi) is 6.06. The molecule has 0 unspecified atom stereocenters. The van der Waals surface area contributed by atoms with Crippen LogP contribution in [0.2, 0.25) is 5.02 Å². The van der Waals surface area contributed by atoms with Crippen molar-refractivity contribution in [3.63, 3.8) is 0 Å². The molecule has 6 nitrogen and oxygen atoms in total. The Morgan fingerprint density at radius 1 is 1.32 bits per heavy atom. The summed E-state index contributed by atoms with van der Waals surface area (Å²) in [7, 11) is 0. The number of aromatic nitrogens is 1. The first kappa shape index (κ1) is 21.1. The van der Waals surface area contributed by atoms with Gasteiger partial charge in [0.05, 0.1) is 16.4 Å². The number of hydrogen-bond acceptors (Lipinski definition) is 6. The number of pyridine rings is 1. The van der Waals surface area contributed by atoms with Crippen molar-refractivity contribution in [2.75, 3.05) is 12.3 Å². The van der Waals surface area contributed by atoms with Crippen LogP contribution in [0.15, 0.2) is 48.7 Å². The summed E-state index contributed by atoms with van der Waals surface area (Å²) in [5, 5.41) is 3.37. The zero-order valence-electron chi connectivity index (χ0n) is 16.7. The SMILES string of the molecule is CC(=O)c1ccc(-c2cc(Cl)c3c(c2)C[C@@H](CNC(=O)C=Cc2ccc(N)nc2)O3)s1. The van der Waals surface area contributed by atoms with E-state index in [0.29, 0.717) is 34.4 Å². The molecule has 1 aromatic carbocycles. The lowest BCUT2D eigenvalue weighted by Gasteiger charge is -2.11. The van der Waals surface area contributed by atoms with Crippen LogP contribution in [0.4, 0.5) is 5.82 Å². The van der Waals surface area contributed by atoms with E-state index in [4.69, 9.17) is 22.1 Å². The number of benzene rings is 1. The number of nitrogens with two attached hydrogens (primary N) is 1. The number of halogens is 1. The minimum Gasteiger partial charge on any atom is -0.486 e. The number of carbonyl (C=O) groups excluding carboxylic acids is 2. The second-order valence-electron chi connectivity index (χ2n) is 7.21. The number of Topliss-reactive ketones (excluding diaryl/α,β-unsaturated/α-hetero) is 1. The van der Waals surface area contributed by atoms with E-state index in [1.165, 1.54) is 17.4 Å². The molecule has 0 fully saturated rings. The van der Waals surface area contributed by atoms with Crippen molar-refractivity contribution < 1.29 is 14.3 Å². The zero-order chi connectivity index (χ0) is 22.0. The minimum atomic E-state index is -0.224. The molecule has 8 heteroatoms. The fourth-order valence-corrected chi connectivity index (χ4v) is 4.46. The number of ether oxygens (including phenoxy) is 1. The van der Waals surface area contributed by atoms with Crippen molar-refractivity contribution >= 4 is 46.5 Å². The van der Waals surface area contributed by atoms with Crippen LogP contribution < -0.4 is 15.8 Å². The third kappa shape index (κ3) is 4.95. The van der Waals surface area contributed by atoms with Crippen LogP contribution in [0.3, 0.4) is 0 Å². The molecule has 3 N–H and O–H groups in total. The predicted molar refractivity (Wildman–Crippen MR) is 124 cm³/mol. The Hall–Kier alpha value is -3.16. The predicted octanol–water partition coefficient (Wildman–Crippen LogP) is 4.38. The molecule has 3 aromatic rings. The molecular formula is C23H20ClN3O3S. The number of ketones is 1. The lowest BCUT2D eigenvalue weighted by molar-refractivity contribution is -0.116. The first-order chi connectivity index (χ1) is 14.9. The van der Waals surface area contributed by atoms with Gasteiger partial charge >= 0.3 is 0 Å². The Labute approximate surface area is 188 Å². The molecule has 1 atom stereocenters. The van der Waals surface area contributed by atoms with Crippen LogP contribution in [-0.2, 0) is 11.2 Å². The van der Waals surface area contributed by atoms with Gasteiger partial charge in [-0.1, -0.05) is 11.6 Å². The maximum atomic E-state index is 12.1. The van der Waals surface area contributed by atoms with Gasteiger partial charge in [0.25, 0.3) is 0 Å². The molecule has 158 valence electrons. The number of amides is 1. The molecule has 0 saturated carbocycles. The average molecular weight is 454 g/mol. The van der Waals surface area contributed by atoms with Crippen molar-refractivity contribution in [3.8, 4) is 16.2 Å². The Bertz CT molecular complexity index is 1170. The van der Waals surface area contributed by atoms with Gasteiger partial charge in [0.15, 0.2) is 5.78 Å². The highest BCUT2D eigenvalue weighted by molar-refractivity contribution is 7.17. The molecule has 3 heterocycles. The second kappa shape index (κ2) is 8.91. The molecule has 31 heavy (non-hydrogen) atoms. The molecule has 1 amide bonds. The van der Waals surface area contributed by atoms with E-state index in [1.807, 2.05) is 24.3 Å². The van der Waals surface area contributed by atoms with Crippen molar-refractivity contribution in [2.45, 2.75) is 19.4 Å². The molecule has 0 bridgehead atoms. The van der Waals surface area contributed by atoms with Gasteiger partial charge in [0.2, 0.25) is 5.91 Å². The highest BCUT2D eigenvalue weighted by Gasteiger charge is 2.26. The summed E-state index contributed by atoms with van der Waals surface area (Å²) in [5.74, 6) is 0.902. The molecular weight excluding hydrogens is 434 g/mol. The van der Waals surface area contributed by atoms with Gasteiger partial charge in [-0.3, -0.25) is 9.59 Å². The van der Waals surface area contributed by atoms with Crippen LogP contribution in [0.25, 0.3) is 16.5 Å². The van der Waals surface area contributed by atoms with Crippen LogP contribution in [0, 0.1) is 0 Å². The Balaban J connectivity index is 1.38. The molecule has 0 saturated heterocycles. The quantitative estimate of drug-likeness (QED) is 0.426. The van der Waals surface area contributed by atoms with Crippen molar-refractivity contribution in [3.05, 3.63) is 69.7 Å². The normalized spacial score (nSPS) is 15.0. The number of nitrogens with zero attached hydrogens (tertiary/aromatic N) is 1. The zero-order valence-corrected chi connectivity index (χ0v) is 18.3. The summed E-state index contributed by atoms with van der Waals surface area (Å²) in [4.78, 5) is 29.4. The smallest absolute Gasteiger partial charge is 0.244 e. The maximum Gasteiger partial charge on any atom is 0.244 e. The van der Waals surface area contributed by atoms with Gasteiger partial charge in [-0.2, -0.15) is 0 Å². The fraction of sp³-hybridized carbons (Fsp3) is 0.174. The maximum absolute atomic E-state index is 12.1. The van der Waals surface area contributed by atoms with Crippen molar-refractivity contribution in [2.24, 2.45) is 0 Å². The monoisotopic (exact) mass is 453 g/mol. The first-order valence-electron chi connectivity index (χ1n) is 9.66. The van der Waals surface area contributed by atoms with Crippen LogP contribution in [-0.4, -0.2) is 29.3 Å². The molecule has 4 rings (SSSR count). The number of nitrogens with one attached hydrogen (secondary N) is 1. The third-order valence-electron chi connectivity index (χ3n) is 4.83. The van der Waals surface area contributed by atoms with E-state index in [1.54, 1.807) is 31.3 Å². The number of hydrogen-bond donors (Lipinski definition) is 2. The van der Waals surface area contributed by atoms with Gasteiger partial charge in [-0.25, -0.2) is 4.98 Å². The molecule has 0 aliphatic carbocycles. The number of fused-ring (bicyclic) bond motifs is 1. The Morgan fingerprint density at radius 3 is 2.87 bits per heavy atom. The van der Waals surface area contributed by atoms with Crippen LogP contribution in [0.5, 0.6) is 5.75 Å². The molecule has 0 radical (unpaired) electrons. The van der Waals surface area contributed by atoms with Crippen LogP contribution >= 0.6 is 22.9 Å². The number of rotatable bonds is 6. The average Bonchev–Trinajstić information content (AvgIpc) is 3.39. The summed E-state index contributed by atoms with van der Waals surface area (Å²) in [5.41, 5.74) is 8.28. The van der Waals surface area contributed by atoms with Crippen molar-refractivity contribution in [1.29, 1.82) is 0 Å². The largest absolute Gasteiger partial charge is 0.486 e. The van der Waals surface area contributed by atoms with Crippen LogP contribution in [0.1, 0.15) is 27.7 Å². The highest BCUT2D eigenvalue weighted by Crippen LogP contribution is 2.41. The highest BCUT2D eigenvalue weighted by atomic mass is 35.5. The summed E-state index contributed by atoms with van der Waals surface area (Å²) in [6.45, 7) is 1.91. The second-order valence-corrected chi connectivity index (χ2v) is 8.70. The summed E-state index contributed by atoms with van der Waals surface area (Å²) < 4.78 is 5.95. The van der Waals surface area contributed by atoms with E-state index in [9.17, 15) is 9.59 Å². The third-order valence-corrected chi connectivity index (χ3v) is 6.35. The standard InChI is InChI=1S/C23H20ClN3O3S/c1-13(28)19-4-5-20(31-19)15-8-16-9-17(30-23(16)18(24)10-15)12-27-22(29)7-3-14-2-6-21(25)26-11-14/h2-8,10-11,17H,9,12H2,1H3,(H2,25,26)(H,27,29)/t17-/m0/s1. The van der Waals surface area contributed by atoms with E-state index >= 15 is 0 Å². The lowest BCUT2D eigenvalue weighted by Crippen LogP contribution is -2.33. The summed E-state index contributed by atoms with van der Waals surface area (Å²) in [6, 6.07) is 11.1.